The van der Waals surface area contributed by atoms with E-state index in [4.69, 9.17) is 9.57 Å². The van der Waals surface area contributed by atoms with Gasteiger partial charge in [-0.05, 0) is 56.9 Å². The Morgan fingerprint density at radius 1 is 1.14 bits per heavy atom. The highest BCUT2D eigenvalue weighted by atomic mass is 19.1. The van der Waals surface area contributed by atoms with Crippen molar-refractivity contribution in [3.63, 3.8) is 0 Å². The Morgan fingerprint density at radius 2 is 1.94 bits per heavy atom. The highest BCUT2D eigenvalue weighted by Gasteiger charge is 2.38. The van der Waals surface area contributed by atoms with Crippen molar-refractivity contribution in [3.05, 3.63) is 80.9 Å². The van der Waals surface area contributed by atoms with Crippen LogP contribution in [-0.2, 0) is 22.7 Å². The molecule has 1 saturated heterocycles. The molecule has 13 nitrogen and oxygen atoms in total. The van der Waals surface area contributed by atoms with E-state index in [1.165, 1.54) is 25.4 Å². The number of carbonyl (C=O) groups is 2. The summed E-state index contributed by atoms with van der Waals surface area (Å²) in [5.74, 6) is -2.95. The number of carboxylic acids is 1. The van der Waals surface area contributed by atoms with Gasteiger partial charge in [0.25, 0.3) is 0 Å². The maximum absolute atomic E-state index is 15.9. The van der Waals surface area contributed by atoms with Crippen LogP contribution in [0.25, 0.3) is 10.9 Å². The molecule has 2 aromatic heterocycles. The van der Waals surface area contributed by atoms with E-state index < -0.39 is 34.5 Å². The Labute approximate surface area is 285 Å². The van der Waals surface area contributed by atoms with Gasteiger partial charge in [0.1, 0.15) is 23.7 Å². The molecule has 2 fully saturated rings. The summed E-state index contributed by atoms with van der Waals surface area (Å²) in [6.07, 6.45) is 5.26. The number of benzene rings is 2. The number of halogens is 2. The molecule has 2 atom stereocenters. The molecule has 3 aliphatic rings. The van der Waals surface area contributed by atoms with Crippen LogP contribution in [0, 0.1) is 11.6 Å². The Balaban J connectivity index is 1.05. The van der Waals surface area contributed by atoms with Gasteiger partial charge in [0.15, 0.2) is 23.1 Å². The highest BCUT2D eigenvalue weighted by molar-refractivity contribution is 6.51. The number of oxime groups is 1. The molecule has 1 saturated carbocycles. The number of nitrogens with zero attached hydrogens (tertiary/aromatic N) is 7. The molecule has 1 N–H and O–H groups in total. The van der Waals surface area contributed by atoms with E-state index in [2.05, 4.69) is 20.4 Å². The summed E-state index contributed by atoms with van der Waals surface area (Å²) in [6, 6.07) is 5.40. The number of ketones is 1. The van der Waals surface area contributed by atoms with Crippen LogP contribution in [0.1, 0.15) is 72.2 Å². The van der Waals surface area contributed by atoms with E-state index in [0.29, 0.717) is 55.8 Å². The SMILES string of the molecule is CCO/N=C1\C(=O)C(CCn2cc(CN3CCN(c4c(F)cc5c(=O)c(C(=O)O)cn(C6CC6)c5c4OC)CC3C)nn2)c2ccc(F)cc21. The lowest BCUT2D eigenvalue weighted by Crippen LogP contribution is -2.51. The molecular weight excluding hydrogens is 652 g/mol. The van der Waals surface area contributed by atoms with Gasteiger partial charge in [-0.3, -0.25) is 19.2 Å². The lowest BCUT2D eigenvalue weighted by molar-refractivity contribution is -0.114. The zero-order chi connectivity index (χ0) is 35.3. The largest absolute Gasteiger partial charge is 0.492 e. The van der Waals surface area contributed by atoms with Gasteiger partial charge < -0.3 is 24.1 Å². The molecule has 0 radical (unpaired) electrons. The van der Waals surface area contributed by atoms with Gasteiger partial charge in [-0.2, -0.15) is 0 Å². The molecule has 262 valence electrons. The first-order chi connectivity index (χ1) is 24.1. The number of hydrogen-bond donors (Lipinski definition) is 1. The first kappa shape index (κ1) is 33.3. The second kappa shape index (κ2) is 13.3. The summed E-state index contributed by atoms with van der Waals surface area (Å²) in [4.78, 5) is 47.4. The van der Waals surface area contributed by atoms with Gasteiger partial charge >= 0.3 is 5.97 Å². The number of hydrogen-bond acceptors (Lipinski definition) is 10. The quantitative estimate of drug-likeness (QED) is 0.229. The molecule has 0 bridgehead atoms. The van der Waals surface area contributed by atoms with Crippen LogP contribution in [0.3, 0.4) is 0 Å². The summed E-state index contributed by atoms with van der Waals surface area (Å²) in [7, 11) is 1.43. The molecule has 0 spiro atoms. The molecule has 2 unspecified atom stereocenters. The van der Waals surface area contributed by atoms with Gasteiger partial charge in [0, 0.05) is 62.8 Å². The van der Waals surface area contributed by atoms with Crippen molar-refractivity contribution >= 4 is 34.1 Å². The smallest absolute Gasteiger partial charge is 0.341 e. The minimum Gasteiger partial charge on any atom is -0.492 e. The summed E-state index contributed by atoms with van der Waals surface area (Å²) in [6.45, 7) is 6.50. The predicted octanol–water partition coefficient (Wildman–Crippen LogP) is 4.12. The Bertz CT molecular complexity index is 2090. The highest BCUT2D eigenvalue weighted by Crippen LogP contribution is 2.44. The lowest BCUT2D eigenvalue weighted by atomic mass is 9.97. The fourth-order valence-corrected chi connectivity index (χ4v) is 7.13. The third kappa shape index (κ3) is 5.99. The van der Waals surface area contributed by atoms with E-state index in [1.54, 1.807) is 22.2 Å². The first-order valence-corrected chi connectivity index (χ1v) is 16.7. The number of Topliss-reactive ketones (excluding diaryl/α,β-unsaturated/α-hetero) is 1. The van der Waals surface area contributed by atoms with Crippen LogP contribution in [0.4, 0.5) is 14.5 Å². The standard InChI is InChI=1S/C35H37F2N7O6/c1-4-50-39-29-25-13-20(36)5-8-23(25)24(33(29)46)9-10-43-17-21(38-40-43)16-41-11-12-42(15-19(41)2)31-28(37)14-26-30(34(31)49-3)44(22-6-7-22)18-27(32(26)45)35(47)48/h5,8,13-14,17-19,22,24H,4,6-7,9-12,15-16H2,1-3H3,(H,47,48)/b39-29-. The molecule has 4 aromatic rings. The summed E-state index contributed by atoms with van der Waals surface area (Å²) in [5.41, 5.74) is 1.54. The number of fused-ring (bicyclic) bond motifs is 2. The molecule has 2 aromatic carbocycles. The fraction of sp³-hybridized carbons (Fsp3) is 0.429. The van der Waals surface area contributed by atoms with Crippen molar-refractivity contribution in [2.75, 3.05) is 38.3 Å². The molecule has 1 aliphatic heterocycles. The minimum absolute atomic E-state index is 0.0124. The number of carbonyl (C=O) groups excluding carboxylic acids is 1. The van der Waals surface area contributed by atoms with E-state index in [9.17, 15) is 23.9 Å². The second-order valence-corrected chi connectivity index (χ2v) is 13.0. The Morgan fingerprint density at radius 3 is 2.64 bits per heavy atom. The fourth-order valence-electron chi connectivity index (χ4n) is 7.13. The van der Waals surface area contributed by atoms with Crippen LogP contribution < -0.4 is 15.1 Å². The number of anilines is 1. The topological polar surface area (TPSA) is 144 Å². The number of pyridine rings is 1. The molecule has 50 heavy (non-hydrogen) atoms. The van der Waals surface area contributed by atoms with Crippen molar-refractivity contribution in [1.82, 2.24) is 24.5 Å². The molecule has 0 amide bonds. The van der Waals surface area contributed by atoms with Crippen molar-refractivity contribution in [2.24, 2.45) is 5.16 Å². The number of aryl methyl sites for hydroxylation is 1. The number of methoxy groups -OCH3 is 1. The van der Waals surface area contributed by atoms with Gasteiger partial charge in [0.2, 0.25) is 5.43 Å². The van der Waals surface area contributed by atoms with Gasteiger partial charge in [0.05, 0.1) is 29.6 Å². The predicted molar refractivity (Wildman–Crippen MR) is 179 cm³/mol. The molecular formula is C35H37F2N7O6. The van der Waals surface area contributed by atoms with Gasteiger partial charge in [-0.25, -0.2) is 13.6 Å². The summed E-state index contributed by atoms with van der Waals surface area (Å²) >= 11 is 0. The summed E-state index contributed by atoms with van der Waals surface area (Å²) in [5, 5.41) is 22.2. The number of rotatable bonds is 11. The molecule has 3 heterocycles. The number of aromatic nitrogens is 4. The summed E-state index contributed by atoms with van der Waals surface area (Å²) < 4.78 is 39.1. The zero-order valence-corrected chi connectivity index (χ0v) is 27.9. The molecule has 7 rings (SSSR count). The number of ether oxygens (including phenoxy) is 1. The van der Waals surface area contributed by atoms with Crippen molar-refractivity contribution in [1.29, 1.82) is 0 Å². The monoisotopic (exact) mass is 689 g/mol. The Kier molecular flexibility index (Phi) is 8.84. The maximum Gasteiger partial charge on any atom is 0.341 e. The Hall–Kier alpha value is -5.18. The zero-order valence-electron chi connectivity index (χ0n) is 27.9. The average Bonchev–Trinajstić information content (AvgIpc) is 3.78. The van der Waals surface area contributed by atoms with Crippen molar-refractivity contribution in [3.8, 4) is 5.75 Å². The number of carboxylic acid groups (broad SMARTS) is 1. The third-order valence-electron chi connectivity index (χ3n) is 9.73. The van der Waals surface area contributed by atoms with Crippen molar-refractivity contribution < 1.29 is 33.1 Å². The molecule has 2 aliphatic carbocycles. The van der Waals surface area contributed by atoms with Crippen molar-refractivity contribution in [2.45, 2.75) is 64.2 Å². The molecule has 15 heteroatoms. The van der Waals surface area contributed by atoms with E-state index in [1.807, 2.05) is 18.0 Å². The normalized spacial score (nSPS) is 20.1. The number of piperazine rings is 1. The third-order valence-corrected chi connectivity index (χ3v) is 9.73. The van der Waals surface area contributed by atoms with Gasteiger partial charge in [-0.15, -0.1) is 5.10 Å². The van der Waals surface area contributed by atoms with Crippen LogP contribution in [0.5, 0.6) is 5.75 Å². The van der Waals surface area contributed by atoms with Gasteiger partial charge in [-0.1, -0.05) is 16.4 Å². The van der Waals surface area contributed by atoms with Crippen LogP contribution in [0.15, 0.2) is 46.6 Å². The minimum atomic E-state index is -1.35. The number of aromatic carboxylic acids is 1. The van der Waals surface area contributed by atoms with E-state index in [0.717, 1.165) is 24.6 Å². The van der Waals surface area contributed by atoms with Crippen LogP contribution in [0.2, 0.25) is 0 Å². The van der Waals surface area contributed by atoms with Crippen LogP contribution in [-0.4, -0.2) is 86.4 Å². The second-order valence-electron chi connectivity index (χ2n) is 13.0. The lowest BCUT2D eigenvalue weighted by Gasteiger charge is -2.41. The average molecular weight is 690 g/mol. The first-order valence-electron chi connectivity index (χ1n) is 16.7. The van der Waals surface area contributed by atoms with E-state index >= 15 is 4.39 Å². The van der Waals surface area contributed by atoms with E-state index in [-0.39, 0.29) is 47.0 Å². The maximum atomic E-state index is 15.9. The van der Waals surface area contributed by atoms with Crippen LogP contribution >= 0.6 is 0 Å².